The van der Waals surface area contributed by atoms with Crippen LogP contribution in [0.3, 0.4) is 0 Å². The molecule has 1 saturated heterocycles. The van der Waals surface area contributed by atoms with Crippen molar-refractivity contribution in [2.45, 2.75) is 44.2 Å². The van der Waals surface area contributed by atoms with Gasteiger partial charge in [0.05, 0.1) is 12.5 Å². The summed E-state index contributed by atoms with van der Waals surface area (Å²) >= 11 is 0. The van der Waals surface area contributed by atoms with Crippen molar-refractivity contribution in [1.29, 1.82) is 0 Å². The third-order valence-electron chi connectivity index (χ3n) is 4.09. The number of rotatable bonds is 5. The van der Waals surface area contributed by atoms with Crippen molar-refractivity contribution in [2.75, 3.05) is 13.2 Å². The van der Waals surface area contributed by atoms with E-state index in [9.17, 15) is 14.4 Å². The van der Waals surface area contributed by atoms with E-state index in [0.29, 0.717) is 6.54 Å². The second-order valence-electron chi connectivity index (χ2n) is 5.47. The lowest BCUT2D eigenvalue weighted by atomic mass is 10.1. The lowest BCUT2D eigenvalue weighted by Gasteiger charge is -2.24. The van der Waals surface area contributed by atoms with Crippen molar-refractivity contribution >= 4 is 17.8 Å². The highest BCUT2D eigenvalue weighted by Crippen LogP contribution is 2.29. The van der Waals surface area contributed by atoms with Crippen LogP contribution in [0.4, 0.5) is 0 Å². The van der Waals surface area contributed by atoms with Crippen LogP contribution in [0.25, 0.3) is 0 Å². The molecule has 2 atom stereocenters. The smallest absolute Gasteiger partial charge is 0.328 e. The Morgan fingerprint density at radius 3 is 2.55 bits per heavy atom. The number of aliphatic hydroxyl groups excluding tert-OH is 1. The van der Waals surface area contributed by atoms with E-state index in [1.54, 1.807) is 4.90 Å². The minimum Gasteiger partial charge on any atom is -0.480 e. The number of likely N-dealkylation sites (tertiary alicyclic amines) is 1. The maximum absolute atomic E-state index is 12.0. The monoisotopic (exact) mass is 284 g/mol. The number of carboxylic acids is 1. The second kappa shape index (κ2) is 6.21. The molecule has 0 aromatic carbocycles. The fourth-order valence-electron chi connectivity index (χ4n) is 2.95. The number of carbonyl (C=O) groups is 3. The van der Waals surface area contributed by atoms with Crippen LogP contribution in [0.1, 0.15) is 32.1 Å². The number of hydrogen-bond acceptors (Lipinski definition) is 4. The summed E-state index contributed by atoms with van der Waals surface area (Å²) in [4.78, 5) is 36.4. The Hall–Kier alpha value is -1.63. The molecule has 1 saturated carbocycles. The number of nitrogens with one attached hydrogen (secondary N) is 1. The Morgan fingerprint density at radius 1 is 1.35 bits per heavy atom. The molecule has 2 fully saturated rings. The maximum Gasteiger partial charge on any atom is 0.328 e. The van der Waals surface area contributed by atoms with E-state index < -0.39 is 30.4 Å². The highest BCUT2D eigenvalue weighted by atomic mass is 16.4. The molecule has 0 aromatic heterocycles. The zero-order chi connectivity index (χ0) is 14.7. The molecule has 1 heterocycles. The molecule has 1 unspecified atom stereocenters. The number of amides is 2. The number of aliphatic hydroxyl groups is 1. The first-order valence-electron chi connectivity index (χ1n) is 6.96. The molecule has 1 aliphatic carbocycles. The minimum atomic E-state index is -1.31. The van der Waals surface area contributed by atoms with Gasteiger partial charge in [0.2, 0.25) is 11.8 Å². The number of nitrogens with zero attached hydrogens (tertiary/aromatic N) is 1. The highest BCUT2D eigenvalue weighted by molar-refractivity contribution is 5.91. The van der Waals surface area contributed by atoms with Gasteiger partial charge < -0.3 is 20.4 Å². The normalized spacial score (nSPS) is 24.9. The highest BCUT2D eigenvalue weighted by Gasteiger charge is 2.39. The van der Waals surface area contributed by atoms with Crippen molar-refractivity contribution in [3.05, 3.63) is 0 Å². The van der Waals surface area contributed by atoms with E-state index in [2.05, 4.69) is 5.32 Å². The average Bonchev–Trinajstić information content (AvgIpc) is 3.03. The summed E-state index contributed by atoms with van der Waals surface area (Å²) in [5, 5.41) is 20.0. The molecule has 20 heavy (non-hydrogen) atoms. The van der Waals surface area contributed by atoms with Crippen LogP contribution in [0.15, 0.2) is 0 Å². The molecule has 112 valence electrons. The molecule has 0 radical (unpaired) electrons. The zero-order valence-electron chi connectivity index (χ0n) is 11.2. The minimum absolute atomic E-state index is 0.0343. The molecular weight excluding hydrogens is 264 g/mol. The second-order valence-corrected chi connectivity index (χ2v) is 5.47. The van der Waals surface area contributed by atoms with Crippen molar-refractivity contribution in [3.63, 3.8) is 0 Å². The first-order chi connectivity index (χ1) is 9.52. The van der Waals surface area contributed by atoms with Gasteiger partial charge in [-0.25, -0.2) is 4.79 Å². The van der Waals surface area contributed by atoms with Crippen LogP contribution >= 0.6 is 0 Å². The van der Waals surface area contributed by atoms with Crippen LogP contribution in [-0.2, 0) is 14.4 Å². The average molecular weight is 284 g/mol. The summed E-state index contributed by atoms with van der Waals surface area (Å²) in [6, 6.07) is -1.08. The molecular formula is C13H20N2O5. The predicted octanol–water partition coefficient (Wildman–Crippen LogP) is -0.661. The van der Waals surface area contributed by atoms with E-state index >= 15 is 0 Å². The fourth-order valence-corrected chi connectivity index (χ4v) is 2.95. The van der Waals surface area contributed by atoms with Crippen LogP contribution in [0.5, 0.6) is 0 Å². The molecule has 0 aromatic rings. The van der Waals surface area contributed by atoms with Crippen LogP contribution in [0, 0.1) is 5.92 Å². The molecule has 7 heteroatoms. The molecule has 1 aliphatic heterocycles. The van der Waals surface area contributed by atoms with Crippen LogP contribution < -0.4 is 5.32 Å². The predicted molar refractivity (Wildman–Crippen MR) is 68.7 cm³/mol. The van der Waals surface area contributed by atoms with Gasteiger partial charge in [-0.05, 0) is 12.8 Å². The van der Waals surface area contributed by atoms with Gasteiger partial charge in [-0.1, -0.05) is 12.8 Å². The first-order valence-corrected chi connectivity index (χ1v) is 6.96. The molecule has 3 N–H and O–H groups in total. The van der Waals surface area contributed by atoms with E-state index in [4.69, 9.17) is 10.2 Å². The summed E-state index contributed by atoms with van der Waals surface area (Å²) in [6.45, 7) is -0.304. The van der Waals surface area contributed by atoms with Crippen molar-refractivity contribution in [2.24, 2.45) is 5.92 Å². The Bertz CT molecular complexity index is 406. The van der Waals surface area contributed by atoms with Crippen molar-refractivity contribution in [1.82, 2.24) is 10.2 Å². The van der Waals surface area contributed by atoms with Gasteiger partial charge in [0.1, 0.15) is 6.04 Å². The fraction of sp³-hybridized carbons (Fsp3) is 0.769. The van der Waals surface area contributed by atoms with Crippen LogP contribution in [0.2, 0.25) is 0 Å². The Kier molecular flexibility index (Phi) is 4.59. The maximum atomic E-state index is 12.0. The van der Waals surface area contributed by atoms with Gasteiger partial charge in [0.25, 0.3) is 0 Å². The van der Waals surface area contributed by atoms with E-state index in [1.807, 2.05) is 0 Å². The Labute approximate surface area is 116 Å². The largest absolute Gasteiger partial charge is 0.480 e. The quantitative estimate of drug-likeness (QED) is 0.621. The summed E-state index contributed by atoms with van der Waals surface area (Å²) in [6.07, 6.45) is 4.30. The number of hydrogen-bond donors (Lipinski definition) is 3. The molecule has 7 nitrogen and oxygen atoms in total. The Balaban J connectivity index is 1.92. The molecule has 2 aliphatic rings. The summed E-state index contributed by atoms with van der Waals surface area (Å²) in [7, 11) is 0. The first kappa shape index (κ1) is 14.8. The molecule has 0 bridgehead atoms. The standard InChI is InChI=1S/C13H20N2O5/c16-7-10(13(19)20)14-12(18)8-5-11(17)15(6-8)9-3-1-2-4-9/h8-10,16H,1-7H2,(H,14,18)(H,19,20)/t8?,10-/m1/s1. The third kappa shape index (κ3) is 3.09. The van der Waals surface area contributed by atoms with E-state index in [1.165, 1.54) is 0 Å². The zero-order valence-corrected chi connectivity index (χ0v) is 11.2. The van der Waals surface area contributed by atoms with E-state index in [-0.39, 0.29) is 18.4 Å². The number of carbonyl (C=O) groups excluding carboxylic acids is 2. The summed E-state index contributed by atoms with van der Waals surface area (Å²) in [5.41, 5.74) is 0. The SMILES string of the molecule is O=C(N[C@H](CO)C(=O)O)C1CC(=O)N(C2CCCC2)C1. The van der Waals surface area contributed by atoms with Gasteiger partial charge in [-0.15, -0.1) is 0 Å². The van der Waals surface area contributed by atoms with E-state index in [0.717, 1.165) is 25.7 Å². The van der Waals surface area contributed by atoms with Crippen molar-refractivity contribution in [3.8, 4) is 0 Å². The van der Waals surface area contributed by atoms with Crippen LogP contribution in [-0.4, -0.2) is 58.1 Å². The number of aliphatic carboxylic acids is 1. The molecule has 2 rings (SSSR count). The number of carboxylic acid groups (broad SMARTS) is 1. The van der Waals surface area contributed by atoms with Crippen molar-refractivity contribution < 1.29 is 24.6 Å². The molecule has 2 amide bonds. The molecule has 0 spiro atoms. The summed E-state index contributed by atoms with van der Waals surface area (Å²) in [5.74, 6) is -2.30. The van der Waals surface area contributed by atoms with Gasteiger partial charge in [-0.2, -0.15) is 0 Å². The lowest BCUT2D eigenvalue weighted by molar-refractivity contribution is -0.143. The topological polar surface area (TPSA) is 107 Å². The van der Waals surface area contributed by atoms with Gasteiger partial charge in [0, 0.05) is 19.0 Å². The van der Waals surface area contributed by atoms with Gasteiger partial charge >= 0.3 is 5.97 Å². The third-order valence-corrected chi connectivity index (χ3v) is 4.09. The lowest BCUT2D eigenvalue weighted by Crippen LogP contribution is -2.46. The summed E-state index contributed by atoms with van der Waals surface area (Å²) < 4.78 is 0. The van der Waals surface area contributed by atoms with Gasteiger partial charge in [0.15, 0.2) is 0 Å². The van der Waals surface area contributed by atoms with Gasteiger partial charge in [-0.3, -0.25) is 9.59 Å². The Morgan fingerprint density at radius 2 is 2.00 bits per heavy atom.